The van der Waals surface area contributed by atoms with Crippen LogP contribution in [0.1, 0.15) is 66.7 Å². The van der Waals surface area contributed by atoms with Crippen LogP contribution in [0.25, 0.3) is 0 Å². The third kappa shape index (κ3) is 8.40. The minimum absolute atomic E-state index is 0.579. The molecular formula is C20H36. The summed E-state index contributed by atoms with van der Waals surface area (Å²) in [7, 11) is 0. The van der Waals surface area contributed by atoms with Gasteiger partial charge in [0.25, 0.3) is 0 Å². The average molecular weight is 277 g/mol. The molecule has 0 amide bonds. The predicted molar refractivity (Wildman–Crippen MR) is 93.9 cm³/mol. The molecule has 0 aliphatic carbocycles. The number of allylic oxidation sites excluding steroid dienone is 4. The topological polar surface area (TPSA) is 0 Å². The van der Waals surface area contributed by atoms with Gasteiger partial charge < -0.3 is 0 Å². The molecule has 0 aliphatic rings. The predicted octanol–water partition coefficient (Wildman–Crippen LogP) is 6.80. The van der Waals surface area contributed by atoms with Gasteiger partial charge in [0.2, 0.25) is 0 Å². The van der Waals surface area contributed by atoms with Crippen molar-refractivity contribution < 1.29 is 0 Å². The van der Waals surface area contributed by atoms with Crippen molar-refractivity contribution in [2.24, 2.45) is 23.7 Å². The van der Waals surface area contributed by atoms with E-state index in [4.69, 9.17) is 0 Å². The fraction of sp³-hybridized carbons (Fsp3) is 0.700. The van der Waals surface area contributed by atoms with Crippen LogP contribution in [0.15, 0.2) is 37.0 Å². The molecule has 0 radical (unpaired) electrons. The van der Waals surface area contributed by atoms with Crippen molar-refractivity contribution in [1.29, 1.82) is 0 Å². The van der Waals surface area contributed by atoms with E-state index in [0.29, 0.717) is 5.92 Å². The number of hydrogen-bond acceptors (Lipinski definition) is 0. The van der Waals surface area contributed by atoms with Crippen molar-refractivity contribution >= 4 is 0 Å². The Morgan fingerprint density at radius 1 is 0.950 bits per heavy atom. The normalized spacial score (nSPS) is 17.6. The van der Waals surface area contributed by atoms with Crippen LogP contribution in [-0.4, -0.2) is 0 Å². The largest absolute Gasteiger partial charge is 0.0991 e. The molecule has 0 heterocycles. The van der Waals surface area contributed by atoms with E-state index in [1.807, 2.05) is 12.2 Å². The van der Waals surface area contributed by atoms with Crippen LogP contribution in [0.3, 0.4) is 0 Å². The van der Waals surface area contributed by atoms with E-state index >= 15 is 0 Å². The quantitative estimate of drug-likeness (QED) is 0.364. The van der Waals surface area contributed by atoms with Gasteiger partial charge >= 0.3 is 0 Å². The second-order valence-corrected chi connectivity index (χ2v) is 6.69. The lowest BCUT2D eigenvalue weighted by Crippen LogP contribution is -2.11. The van der Waals surface area contributed by atoms with Crippen LogP contribution in [-0.2, 0) is 0 Å². The van der Waals surface area contributed by atoms with E-state index in [0.717, 1.165) is 17.8 Å². The molecule has 20 heavy (non-hydrogen) atoms. The van der Waals surface area contributed by atoms with Crippen LogP contribution < -0.4 is 0 Å². The summed E-state index contributed by atoms with van der Waals surface area (Å²) in [4.78, 5) is 0. The van der Waals surface area contributed by atoms with Gasteiger partial charge in [0, 0.05) is 0 Å². The van der Waals surface area contributed by atoms with Crippen molar-refractivity contribution in [3.8, 4) is 0 Å². The molecule has 0 N–H and O–H groups in total. The van der Waals surface area contributed by atoms with Crippen molar-refractivity contribution in [2.75, 3.05) is 0 Å². The molecule has 0 bridgehead atoms. The highest BCUT2D eigenvalue weighted by Gasteiger charge is 2.15. The Hall–Kier alpha value is -0.780. The molecule has 0 nitrogen and oxygen atoms in total. The maximum atomic E-state index is 4.15. The van der Waals surface area contributed by atoms with Gasteiger partial charge in [0.05, 0.1) is 0 Å². The summed E-state index contributed by atoms with van der Waals surface area (Å²) in [5.74, 6) is 3.12. The Morgan fingerprint density at radius 3 is 2.00 bits per heavy atom. The highest BCUT2D eigenvalue weighted by Crippen LogP contribution is 2.27. The zero-order valence-corrected chi connectivity index (χ0v) is 14.5. The molecule has 0 heteroatoms. The van der Waals surface area contributed by atoms with Gasteiger partial charge in [-0.05, 0) is 36.5 Å². The zero-order chi connectivity index (χ0) is 15.5. The molecule has 0 fully saturated rings. The van der Waals surface area contributed by atoms with Gasteiger partial charge in [-0.2, -0.15) is 0 Å². The van der Waals surface area contributed by atoms with Gasteiger partial charge in [-0.3, -0.25) is 0 Å². The van der Waals surface area contributed by atoms with E-state index in [9.17, 15) is 0 Å². The maximum Gasteiger partial charge on any atom is -0.0196 e. The van der Waals surface area contributed by atoms with Gasteiger partial charge in [-0.25, -0.2) is 0 Å². The smallest absolute Gasteiger partial charge is 0.0196 e. The Bertz CT molecular complexity index is 297. The molecule has 116 valence electrons. The maximum absolute atomic E-state index is 4.15. The Kier molecular flexibility index (Phi) is 10.5. The van der Waals surface area contributed by atoms with E-state index in [1.54, 1.807) is 0 Å². The molecule has 0 spiro atoms. The molecule has 0 aromatic heterocycles. The molecule has 4 unspecified atom stereocenters. The highest BCUT2D eigenvalue weighted by atomic mass is 14.2. The molecule has 4 atom stereocenters. The first-order valence-corrected chi connectivity index (χ1v) is 8.40. The summed E-state index contributed by atoms with van der Waals surface area (Å²) in [6.45, 7) is 19.6. The van der Waals surface area contributed by atoms with Gasteiger partial charge in [-0.1, -0.05) is 90.8 Å². The molecule has 0 saturated heterocycles. The third-order valence-electron chi connectivity index (χ3n) is 4.92. The van der Waals surface area contributed by atoms with Crippen molar-refractivity contribution in [2.45, 2.75) is 66.7 Å². The van der Waals surface area contributed by atoms with Crippen LogP contribution in [0.5, 0.6) is 0 Å². The van der Waals surface area contributed by atoms with Crippen LogP contribution in [0, 0.1) is 23.7 Å². The summed E-state index contributed by atoms with van der Waals surface area (Å²) >= 11 is 0. The van der Waals surface area contributed by atoms with Crippen molar-refractivity contribution in [3.05, 3.63) is 37.0 Å². The first kappa shape index (κ1) is 19.2. The molecule has 0 rings (SSSR count). The second kappa shape index (κ2) is 10.9. The summed E-state index contributed by atoms with van der Waals surface area (Å²) in [6.07, 6.45) is 12.5. The minimum Gasteiger partial charge on any atom is -0.0991 e. The van der Waals surface area contributed by atoms with Gasteiger partial charge in [0.1, 0.15) is 0 Å². The Labute approximate surface area is 128 Å². The summed E-state index contributed by atoms with van der Waals surface area (Å²) in [6, 6.07) is 0. The van der Waals surface area contributed by atoms with E-state index in [1.165, 1.54) is 37.7 Å². The Morgan fingerprint density at radius 2 is 1.50 bits per heavy atom. The molecule has 0 aromatic carbocycles. The third-order valence-corrected chi connectivity index (χ3v) is 4.92. The van der Waals surface area contributed by atoms with Crippen LogP contribution in [0.2, 0.25) is 0 Å². The Balaban J connectivity index is 4.01. The minimum atomic E-state index is 0.579. The second-order valence-electron chi connectivity index (χ2n) is 6.69. The highest BCUT2D eigenvalue weighted by molar-refractivity contribution is 5.20. The monoisotopic (exact) mass is 276 g/mol. The fourth-order valence-electron chi connectivity index (χ4n) is 2.37. The molecule has 0 aliphatic heterocycles. The van der Waals surface area contributed by atoms with Crippen LogP contribution in [0.4, 0.5) is 0 Å². The zero-order valence-electron chi connectivity index (χ0n) is 14.5. The lowest BCUT2D eigenvalue weighted by atomic mass is 9.83. The first-order chi connectivity index (χ1) is 9.42. The molecule has 0 saturated carbocycles. The molecule has 0 aromatic rings. The van der Waals surface area contributed by atoms with E-state index < -0.39 is 0 Å². The lowest BCUT2D eigenvalue weighted by molar-refractivity contribution is 0.301. The fourth-order valence-corrected chi connectivity index (χ4v) is 2.37. The van der Waals surface area contributed by atoms with Crippen LogP contribution >= 0.6 is 0 Å². The summed E-state index contributed by atoms with van der Waals surface area (Å²) in [5, 5.41) is 0. The summed E-state index contributed by atoms with van der Waals surface area (Å²) in [5.41, 5.74) is 1.23. The number of hydrogen-bond donors (Lipinski definition) is 0. The summed E-state index contributed by atoms with van der Waals surface area (Å²) < 4.78 is 0. The van der Waals surface area contributed by atoms with E-state index in [2.05, 4.69) is 53.9 Å². The molecular weight excluding hydrogens is 240 g/mol. The van der Waals surface area contributed by atoms with Crippen molar-refractivity contribution in [1.82, 2.24) is 0 Å². The van der Waals surface area contributed by atoms with E-state index in [-0.39, 0.29) is 0 Å². The van der Waals surface area contributed by atoms with Crippen molar-refractivity contribution in [3.63, 3.8) is 0 Å². The average Bonchev–Trinajstić information content (AvgIpc) is 2.46. The van der Waals surface area contributed by atoms with Gasteiger partial charge in [-0.15, -0.1) is 0 Å². The SMILES string of the molecule is C=C/C=C\C(=C)C(C)CCC(C)C(C)CCC(C)CC. The van der Waals surface area contributed by atoms with Gasteiger partial charge in [0.15, 0.2) is 0 Å². The standard InChI is InChI=1S/C20H36/c1-8-10-11-17(4)19(6)14-15-20(7)18(5)13-12-16(3)9-2/h8,10-11,16,18-20H,1,4,9,12-15H2,2-3,5-7H3/b11-10-. The lowest BCUT2D eigenvalue weighted by Gasteiger charge is -2.23. The first-order valence-electron chi connectivity index (χ1n) is 8.40. The number of rotatable bonds is 11.